The van der Waals surface area contributed by atoms with Crippen LogP contribution < -0.4 is 0 Å². The van der Waals surface area contributed by atoms with Gasteiger partial charge in [0.2, 0.25) is 0 Å². The van der Waals surface area contributed by atoms with Crippen LogP contribution in [0.15, 0.2) is 77.9 Å². The third-order valence-corrected chi connectivity index (χ3v) is 3.57. The molecule has 2 aromatic heterocycles. The normalized spacial score (nSPS) is 11.3. The first kappa shape index (κ1) is 13.4. The lowest BCUT2D eigenvalue weighted by atomic mass is 10.1. The summed E-state index contributed by atoms with van der Waals surface area (Å²) in [5.41, 5.74) is 4.62. The third kappa shape index (κ3) is 2.74. The number of rotatable bonds is 3. The van der Waals surface area contributed by atoms with Crippen LogP contribution in [-0.2, 0) is 0 Å². The fourth-order valence-electron chi connectivity index (χ4n) is 2.45. The molecular formula is C19H14N4. The molecule has 4 heteroatoms. The SMILES string of the molecule is C(=Nc1ccccc1-c1nc2ccccc2[nH]1)c1ccccn1. The molecule has 0 aliphatic heterocycles. The number of nitrogens with one attached hydrogen (secondary N) is 1. The zero-order valence-electron chi connectivity index (χ0n) is 12.3. The van der Waals surface area contributed by atoms with Gasteiger partial charge >= 0.3 is 0 Å². The molecular weight excluding hydrogens is 284 g/mol. The minimum absolute atomic E-state index is 0.819. The Morgan fingerprint density at radius 2 is 1.70 bits per heavy atom. The van der Waals surface area contributed by atoms with E-state index in [9.17, 15) is 0 Å². The number of fused-ring (bicyclic) bond motifs is 1. The van der Waals surface area contributed by atoms with Crippen LogP contribution in [0.4, 0.5) is 5.69 Å². The van der Waals surface area contributed by atoms with Gasteiger partial charge in [0.15, 0.2) is 0 Å². The quantitative estimate of drug-likeness (QED) is 0.571. The van der Waals surface area contributed by atoms with Crippen LogP contribution in [0.1, 0.15) is 5.69 Å². The summed E-state index contributed by atoms with van der Waals surface area (Å²) in [7, 11) is 0. The summed E-state index contributed by atoms with van der Waals surface area (Å²) < 4.78 is 0. The van der Waals surface area contributed by atoms with E-state index in [2.05, 4.69) is 19.9 Å². The molecule has 0 fully saturated rings. The molecule has 1 N–H and O–H groups in total. The fourth-order valence-corrected chi connectivity index (χ4v) is 2.45. The van der Waals surface area contributed by atoms with Gasteiger partial charge < -0.3 is 4.98 Å². The van der Waals surface area contributed by atoms with Crippen LogP contribution in [0.2, 0.25) is 0 Å². The molecule has 0 aliphatic carbocycles. The number of hydrogen-bond acceptors (Lipinski definition) is 3. The van der Waals surface area contributed by atoms with Crippen molar-refractivity contribution in [1.82, 2.24) is 15.0 Å². The molecule has 0 saturated carbocycles. The molecule has 0 saturated heterocycles. The van der Waals surface area contributed by atoms with Crippen molar-refractivity contribution in [3.05, 3.63) is 78.6 Å². The monoisotopic (exact) mass is 298 g/mol. The van der Waals surface area contributed by atoms with Crippen molar-refractivity contribution >= 4 is 22.9 Å². The molecule has 4 nitrogen and oxygen atoms in total. The highest BCUT2D eigenvalue weighted by molar-refractivity contribution is 5.85. The first-order chi connectivity index (χ1) is 11.4. The number of pyridine rings is 1. The number of aliphatic imine (C=N–C) groups is 1. The summed E-state index contributed by atoms with van der Waals surface area (Å²) in [6, 6.07) is 21.7. The van der Waals surface area contributed by atoms with Crippen molar-refractivity contribution in [2.45, 2.75) is 0 Å². The Hall–Kier alpha value is -3.27. The average Bonchev–Trinajstić information content (AvgIpc) is 3.05. The topological polar surface area (TPSA) is 53.9 Å². The van der Waals surface area contributed by atoms with E-state index in [1.807, 2.05) is 66.7 Å². The van der Waals surface area contributed by atoms with E-state index in [1.165, 1.54) is 0 Å². The summed E-state index contributed by atoms with van der Waals surface area (Å²) in [6.07, 6.45) is 3.52. The number of para-hydroxylation sites is 3. The molecule has 0 atom stereocenters. The first-order valence-electron chi connectivity index (χ1n) is 7.39. The van der Waals surface area contributed by atoms with Crippen molar-refractivity contribution < 1.29 is 0 Å². The molecule has 0 amide bonds. The van der Waals surface area contributed by atoms with E-state index in [4.69, 9.17) is 0 Å². The predicted molar refractivity (Wildman–Crippen MR) is 93.0 cm³/mol. The van der Waals surface area contributed by atoms with E-state index in [1.54, 1.807) is 12.4 Å². The number of nitrogens with zero attached hydrogens (tertiary/aromatic N) is 3. The maximum Gasteiger partial charge on any atom is 0.140 e. The summed E-state index contributed by atoms with van der Waals surface area (Å²) in [5.74, 6) is 0.819. The average molecular weight is 298 g/mol. The van der Waals surface area contributed by atoms with Crippen molar-refractivity contribution in [3.63, 3.8) is 0 Å². The van der Waals surface area contributed by atoms with Crippen molar-refractivity contribution in [1.29, 1.82) is 0 Å². The van der Waals surface area contributed by atoms with Crippen LogP contribution in [-0.4, -0.2) is 21.2 Å². The van der Waals surface area contributed by atoms with E-state index in [0.717, 1.165) is 33.8 Å². The number of imidazole rings is 1. The number of hydrogen-bond donors (Lipinski definition) is 1. The molecule has 110 valence electrons. The molecule has 0 aliphatic rings. The van der Waals surface area contributed by atoms with Crippen LogP contribution in [0.3, 0.4) is 0 Å². The second-order valence-corrected chi connectivity index (χ2v) is 5.13. The Morgan fingerprint density at radius 1 is 0.870 bits per heavy atom. The standard InChI is InChI=1S/C19H14N4/c1-2-9-16(21-13-14-7-5-6-12-20-14)15(8-1)19-22-17-10-3-4-11-18(17)23-19/h1-13H,(H,22,23). The summed E-state index contributed by atoms with van der Waals surface area (Å²) >= 11 is 0. The van der Waals surface area contributed by atoms with Gasteiger partial charge in [0.05, 0.1) is 28.6 Å². The Bertz CT molecular complexity index is 938. The maximum atomic E-state index is 4.65. The molecule has 2 heterocycles. The van der Waals surface area contributed by atoms with Crippen molar-refractivity contribution in [2.24, 2.45) is 4.99 Å². The largest absolute Gasteiger partial charge is 0.338 e. The van der Waals surface area contributed by atoms with Crippen LogP contribution in [0.5, 0.6) is 0 Å². The summed E-state index contributed by atoms with van der Waals surface area (Å²) in [6.45, 7) is 0. The van der Waals surface area contributed by atoms with Gasteiger partial charge in [-0.05, 0) is 36.4 Å². The van der Waals surface area contributed by atoms with E-state index >= 15 is 0 Å². The minimum Gasteiger partial charge on any atom is -0.338 e. The molecule has 0 unspecified atom stereocenters. The maximum absolute atomic E-state index is 4.65. The molecule has 0 spiro atoms. The second kappa shape index (κ2) is 5.85. The number of benzene rings is 2. The van der Waals surface area contributed by atoms with Crippen molar-refractivity contribution in [2.75, 3.05) is 0 Å². The van der Waals surface area contributed by atoms with E-state index < -0.39 is 0 Å². The Kier molecular flexibility index (Phi) is 3.41. The molecule has 0 bridgehead atoms. The lowest BCUT2D eigenvalue weighted by Crippen LogP contribution is -1.86. The number of aromatic nitrogens is 3. The molecule has 4 aromatic rings. The third-order valence-electron chi connectivity index (χ3n) is 3.57. The van der Waals surface area contributed by atoms with Gasteiger partial charge in [0, 0.05) is 11.8 Å². The van der Waals surface area contributed by atoms with Gasteiger partial charge in [0.25, 0.3) is 0 Å². The predicted octanol–water partition coefficient (Wildman–Crippen LogP) is 4.38. The highest BCUT2D eigenvalue weighted by atomic mass is 14.9. The van der Waals surface area contributed by atoms with Gasteiger partial charge in [-0.1, -0.05) is 30.3 Å². The first-order valence-corrected chi connectivity index (χ1v) is 7.39. The van der Waals surface area contributed by atoms with Gasteiger partial charge in [-0.25, -0.2) is 4.98 Å². The van der Waals surface area contributed by atoms with Crippen LogP contribution >= 0.6 is 0 Å². The Morgan fingerprint density at radius 3 is 2.57 bits per heavy atom. The summed E-state index contributed by atoms with van der Waals surface area (Å²) in [4.78, 5) is 16.8. The highest BCUT2D eigenvalue weighted by Gasteiger charge is 2.08. The van der Waals surface area contributed by atoms with Crippen molar-refractivity contribution in [3.8, 4) is 11.4 Å². The molecule has 2 aromatic carbocycles. The zero-order valence-corrected chi connectivity index (χ0v) is 12.3. The van der Waals surface area contributed by atoms with E-state index in [-0.39, 0.29) is 0 Å². The van der Waals surface area contributed by atoms with Gasteiger partial charge in [0.1, 0.15) is 5.82 Å². The smallest absolute Gasteiger partial charge is 0.140 e. The summed E-state index contributed by atoms with van der Waals surface area (Å²) in [5, 5.41) is 0. The highest BCUT2D eigenvalue weighted by Crippen LogP contribution is 2.29. The molecule has 4 rings (SSSR count). The molecule has 0 radical (unpaired) electrons. The minimum atomic E-state index is 0.819. The molecule has 23 heavy (non-hydrogen) atoms. The Balaban J connectivity index is 1.76. The van der Waals surface area contributed by atoms with E-state index in [0.29, 0.717) is 0 Å². The van der Waals surface area contributed by atoms with Crippen LogP contribution in [0.25, 0.3) is 22.4 Å². The number of aromatic amines is 1. The van der Waals surface area contributed by atoms with Gasteiger partial charge in [-0.3, -0.25) is 9.98 Å². The van der Waals surface area contributed by atoms with Gasteiger partial charge in [-0.15, -0.1) is 0 Å². The fraction of sp³-hybridized carbons (Fsp3) is 0. The zero-order chi connectivity index (χ0) is 15.5. The lowest BCUT2D eigenvalue weighted by molar-refractivity contribution is 1.29. The second-order valence-electron chi connectivity index (χ2n) is 5.13. The number of H-pyrrole nitrogens is 1. The lowest BCUT2D eigenvalue weighted by Gasteiger charge is -2.01. The Labute approximate surface area is 133 Å². The van der Waals surface area contributed by atoms with Gasteiger partial charge in [-0.2, -0.15) is 0 Å². The van der Waals surface area contributed by atoms with Crippen LogP contribution in [0, 0.1) is 0 Å².